The second kappa shape index (κ2) is 4.49. The number of nitrogens with zero attached hydrogens (tertiary/aromatic N) is 1. The first kappa shape index (κ1) is 13.8. The van der Waals surface area contributed by atoms with E-state index in [1.165, 1.54) is 28.6 Å². The van der Waals surface area contributed by atoms with Crippen molar-refractivity contribution in [3.8, 4) is 0 Å². The SMILES string of the molecule is CC=C1C[N@@+]2(C)[C@H]3CC1C(CO)[C@@H]2Cc1c3[nH]c2ccccc12. The molecule has 3 saturated heterocycles. The van der Waals surface area contributed by atoms with Gasteiger partial charge in [-0.1, -0.05) is 24.3 Å². The molecule has 4 aliphatic heterocycles. The number of aliphatic hydroxyl groups excluding tert-OH is 1. The molecule has 3 nitrogen and oxygen atoms in total. The maximum atomic E-state index is 10.1. The van der Waals surface area contributed by atoms with E-state index in [-0.39, 0.29) is 0 Å². The Morgan fingerprint density at radius 1 is 1.35 bits per heavy atom. The average Bonchev–Trinajstić information content (AvgIpc) is 2.92. The molecule has 3 fully saturated rings. The first-order valence-corrected chi connectivity index (χ1v) is 8.87. The fraction of sp³-hybridized carbons (Fsp3) is 0.500. The summed E-state index contributed by atoms with van der Waals surface area (Å²) in [5.41, 5.74) is 5.84. The summed E-state index contributed by atoms with van der Waals surface area (Å²) in [6.07, 6.45) is 4.59. The lowest BCUT2D eigenvalue weighted by molar-refractivity contribution is -0.978. The third-order valence-electron chi connectivity index (χ3n) is 7.13. The minimum atomic E-state index is 0.324. The van der Waals surface area contributed by atoms with Gasteiger partial charge in [-0.25, -0.2) is 0 Å². The van der Waals surface area contributed by atoms with Gasteiger partial charge >= 0.3 is 0 Å². The number of aromatic amines is 1. The number of quaternary nitrogens is 1. The summed E-state index contributed by atoms with van der Waals surface area (Å²) in [6, 6.07) is 9.84. The lowest BCUT2D eigenvalue weighted by Gasteiger charge is -2.62. The van der Waals surface area contributed by atoms with Gasteiger partial charge in [0.15, 0.2) is 0 Å². The minimum absolute atomic E-state index is 0.324. The number of aromatic nitrogens is 1. The summed E-state index contributed by atoms with van der Waals surface area (Å²) in [5, 5.41) is 11.5. The van der Waals surface area contributed by atoms with Crippen LogP contribution in [0.15, 0.2) is 35.9 Å². The number of fused-ring (bicyclic) bond motifs is 4. The molecule has 0 aliphatic carbocycles. The third-order valence-corrected chi connectivity index (χ3v) is 7.13. The number of hydrogen-bond acceptors (Lipinski definition) is 1. The summed E-state index contributed by atoms with van der Waals surface area (Å²) in [6.45, 7) is 3.65. The van der Waals surface area contributed by atoms with Gasteiger partial charge in [-0.3, -0.25) is 0 Å². The summed E-state index contributed by atoms with van der Waals surface area (Å²) in [7, 11) is 2.42. The molecule has 2 unspecified atom stereocenters. The Kier molecular flexibility index (Phi) is 2.70. The van der Waals surface area contributed by atoms with E-state index in [0.29, 0.717) is 30.5 Å². The van der Waals surface area contributed by atoms with Crippen LogP contribution in [0.1, 0.15) is 30.6 Å². The quantitative estimate of drug-likeness (QED) is 0.616. The van der Waals surface area contributed by atoms with E-state index in [4.69, 9.17) is 0 Å². The number of hydrogen-bond donors (Lipinski definition) is 2. The predicted molar refractivity (Wildman–Crippen MR) is 92.0 cm³/mol. The number of rotatable bonds is 1. The van der Waals surface area contributed by atoms with E-state index in [1.54, 1.807) is 5.57 Å². The molecule has 0 spiro atoms. The van der Waals surface area contributed by atoms with Crippen molar-refractivity contribution < 1.29 is 9.59 Å². The zero-order chi connectivity index (χ0) is 15.8. The Hall–Kier alpha value is -1.58. The van der Waals surface area contributed by atoms with E-state index >= 15 is 0 Å². The summed E-state index contributed by atoms with van der Waals surface area (Å²) in [4.78, 5) is 3.75. The van der Waals surface area contributed by atoms with Gasteiger partial charge in [-0.15, -0.1) is 0 Å². The zero-order valence-corrected chi connectivity index (χ0v) is 13.9. The molecule has 6 rings (SSSR count). The fourth-order valence-electron chi connectivity index (χ4n) is 6.02. The van der Waals surface area contributed by atoms with Gasteiger partial charge in [-0.05, 0) is 24.1 Å². The molecule has 0 amide bonds. The maximum Gasteiger partial charge on any atom is 0.131 e. The lowest BCUT2D eigenvalue weighted by atomic mass is 9.62. The van der Waals surface area contributed by atoms with Crippen molar-refractivity contribution in [1.82, 2.24) is 4.98 Å². The van der Waals surface area contributed by atoms with Gasteiger partial charge in [0, 0.05) is 35.6 Å². The van der Waals surface area contributed by atoms with E-state index in [1.807, 2.05) is 0 Å². The normalized spacial score (nSPS) is 39.9. The van der Waals surface area contributed by atoms with Crippen LogP contribution in [0.5, 0.6) is 0 Å². The molecule has 4 aliphatic rings. The van der Waals surface area contributed by atoms with Crippen LogP contribution in [0.2, 0.25) is 0 Å². The molecule has 4 bridgehead atoms. The fourth-order valence-corrected chi connectivity index (χ4v) is 6.02. The van der Waals surface area contributed by atoms with Crippen LogP contribution in [-0.4, -0.2) is 40.8 Å². The first-order chi connectivity index (χ1) is 11.2. The lowest BCUT2D eigenvalue weighted by Crippen LogP contribution is -2.70. The van der Waals surface area contributed by atoms with Crippen molar-refractivity contribution >= 4 is 10.9 Å². The molecule has 0 radical (unpaired) electrons. The highest BCUT2D eigenvalue weighted by molar-refractivity contribution is 5.85. The van der Waals surface area contributed by atoms with Crippen molar-refractivity contribution in [3.05, 3.63) is 47.2 Å². The van der Waals surface area contributed by atoms with Crippen LogP contribution in [-0.2, 0) is 6.42 Å². The molecule has 0 saturated carbocycles. The smallest absolute Gasteiger partial charge is 0.131 e. The van der Waals surface area contributed by atoms with Gasteiger partial charge in [0.25, 0.3) is 0 Å². The summed E-state index contributed by atoms with van der Waals surface area (Å²) >= 11 is 0. The minimum Gasteiger partial charge on any atom is -0.396 e. The second-order valence-electron chi connectivity index (χ2n) is 7.91. The van der Waals surface area contributed by atoms with Crippen molar-refractivity contribution in [2.24, 2.45) is 11.8 Å². The maximum absolute atomic E-state index is 10.1. The van der Waals surface area contributed by atoms with Gasteiger partial charge in [0.1, 0.15) is 12.6 Å². The molecule has 3 heteroatoms. The predicted octanol–water partition coefficient (Wildman–Crippen LogP) is 3.17. The Labute approximate surface area is 137 Å². The monoisotopic (exact) mass is 309 g/mol. The number of piperidine rings is 3. The standard InChI is InChI=1S/C20H25N2O/c1-3-12-10-22(2)18-9-15-13-6-4-5-7-17(13)21-20(15)19(22)8-14(12)16(18)11-23/h3-7,14,16,18-19,21,23H,8-11H2,1-2H3/q+1/t14?,16?,18-,19-,22+/m0/s1. The Morgan fingerprint density at radius 2 is 2.17 bits per heavy atom. The molecule has 5 atom stereocenters. The van der Waals surface area contributed by atoms with Crippen LogP contribution in [0, 0.1) is 11.8 Å². The van der Waals surface area contributed by atoms with Crippen LogP contribution in [0.4, 0.5) is 0 Å². The number of nitrogens with one attached hydrogen (secondary N) is 1. The van der Waals surface area contributed by atoms with Crippen LogP contribution < -0.4 is 0 Å². The molecule has 5 heterocycles. The number of benzene rings is 1. The van der Waals surface area contributed by atoms with E-state index in [9.17, 15) is 5.11 Å². The molecule has 2 N–H and O–H groups in total. The number of allylic oxidation sites excluding steroid dienone is 1. The zero-order valence-electron chi connectivity index (χ0n) is 13.9. The highest BCUT2D eigenvalue weighted by Gasteiger charge is 2.61. The Bertz CT molecular complexity index is 820. The number of H-pyrrole nitrogens is 1. The topological polar surface area (TPSA) is 36.0 Å². The van der Waals surface area contributed by atoms with E-state index < -0.39 is 0 Å². The molecular formula is C20H25N2O+. The van der Waals surface area contributed by atoms with Gasteiger partial charge in [0.05, 0.1) is 25.4 Å². The van der Waals surface area contributed by atoms with Crippen molar-refractivity contribution in [1.29, 1.82) is 0 Å². The first-order valence-electron chi connectivity index (χ1n) is 8.87. The second-order valence-corrected chi connectivity index (χ2v) is 7.91. The Morgan fingerprint density at radius 3 is 2.96 bits per heavy atom. The third kappa shape index (κ3) is 1.57. The van der Waals surface area contributed by atoms with Crippen LogP contribution in [0.3, 0.4) is 0 Å². The highest BCUT2D eigenvalue weighted by atomic mass is 16.3. The molecule has 23 heavy (non-hydrogen) atoms. The van der Waals surface area contributed by atoms with Gasteiger partial charge in [-0.2, -0.15) is 0 Å². The van der Waals surface area contributed by atoms with Crippen LogP contribution in [0.25, 0.3) is 10.9 Å². The van der Waals surface area contributed by atoms with Gasteiger partial charge in [0.2, 0.25) is 0 Å². The molecule has 2 aromatic rings. The molecule has 1 aromatic carbocycles. The summed E-state index contributed by atoms with van der Waals surface area (Å²) in [5.74, 6) is 0.984. The largest absolute Gasteiger partial charge is 0.396 e. The molecular weight excluding hydrogens is 284 g/mol. The van der Waals surface area contributed by atoms with Gasteiger partial charge < -0.3 is 14.6 Å². The van der Waals surface area contributed by atoms with Crippen molar-refractivity contribution in [2.45, 2.75) is 31.8 Å². The van der Waals surface area contributed by atoms with E-state index in [0.717, 1.165) is 17.4 Å². The van der Waals surface area contributed by atoms with Crippen LogP contribution >= 0.6 is 0 Å². The molecule has 1 aromatic heterocycles. The number of para-hydroxylation sites is 1. The highest BCUT2D eigenvalue weighted by Crippen LogP contribution is 2.57. The average molecular weight is 309 g/mol. The number of likely N-dealkylation sites (N-methyl/N-ethyl adjacent to an activating group) is 1. The van der Waals surface area contributed by atoms with E-state index in [2.05, 4.69) is 49.3 Å². The summed E-state index contributed by atoms with van der Waals surface area (Å²) < 4.78 is 1.08. The van der Waals surface area contributed by atoms with Crippen molar-refractivity contribution in [2.75, 3.05) is 20.2 Å². The Balaban J connectivity index is 1.73. The molecule has 120 valence electrons. The number of aliphatic hydroxyl groups is 1. The van der Waals surface area contributed by atoms with Crippen molar-refractivity contribution in [3.63, 3.8) is 0 Å².